The third kappa shape index (κ3) is 4.65. The van der Waals surface area contributed by atoms with Gasteiger partial charge in [-0.15, -0.1) is 0 Å². The zero-order valence-corrected chi connectivity index (χ0v) is 17.2. The maximum absolute atomic E-state index is 13.8. The monoisotopic (exact) mass is 431 g/mol. The molecule has 1 saturated carbocycles. The molecule has 1 aliphatic carbocycles. The van der Waals surface area contributed by atoms with Crippen LogP contribution in [0.3, 0.4) is 0 Å². The second-order valence-electron chi connectivity index (χ2n) is 7.80. The summed E-state index contributed by atoms with van der Waals surface area (Å²) in [6.07, 6.45) is 4.74. The van der Waals surface area contributed by atoms with E-state index in [1.807, 2.05) is 6.92 Å². The van der Waals surface area contributed by atoms with Crippen LogP contribution in [0.4, 0.5) is 19.0 Å². The van der Waals surface area contributed by atoms with E-state index in [0.29, 0.717) is 12.2 Å². The molecule has 0 radical (unpaired) electrons. The van der Waals surface area contributed by atoms with Gasteiger partial charge in [-0.05, 0) is 37.5 Å². The molecule has 0 saturated heterocycles. The summed E-state index contributed by atoms with van der Waals surface area (Å²) in [5.74, 6) is 0.231. The number of rotatable bonds is 6. The van der Waals surface area contributed by atoms with Crippen LogP contribution in [0, 0.1) is 0 Å². The van der Waals surface area contributed by atoms with E-state index in [-0.39, 0.29) is 28.7 Å². The Bertz CT molecular complexity index is 1110. The molecular weight excluding hydrogens is 407 g/mol. The average molecular weight is 431 g/mol. The molecule has 3 aromatic rings. The lowest BCUT2D eigenvalue weighted by molar-refractivity contribution is -0.137. The van der Waals surface area contributed by atoms with Crippen molar-refractivity contribution in [2.45, 2.75) is 57.8 Å². The van der Waals surface area contributed by atoms with Gasteiger partial charge in [0.1, 0.15) is 5.82 Å². The van der Waals surface area contributed by atoms with Gasteiger partial charge >= 0.3 is 6.18 Å². The fraction of sp³-hybridized carbons (Fsp3) is 0.409. The first-order chi connectivity index (χ1) is 14.8. The van der Waals surface area contributed by atoms with Crippen LogP contribution in [0.5, 0.6) is 0 Å². The maximum Gasteiger partial charge on any atom is 0.417 e. The number of aromatic nitrogens is 4. The van der Waals surface area contributed by atoms with Crippen LogP contribution in [0.25, 0.3) is 16.9 Å². The smallest absolute Gasteiger partial charge is 0.367 e. The van der Waals surface area contributed by atoms with Crippen molar-refractivity contribution in [1.82, 2.24) is 19.3 Å². The van der Waals surface area contributed by atoms with Gasteiger partial charge in [-0.3, -0.25) is 4.79 Å². The van der Waals surface area contributed by atoms with Crippen molar-refractivity contribution in [3.63, 3.8) is 0 Å². The molecule has 0 aromatic carbocycles. The average Bonchev–Trinajstić information content (AvgIpc) is 3.41. The number of nitrogens with zero attached hydrogens (tertiary/aromatic N) is 4. The molecule has 6 nitrogen and oxygen atoms in total. The van der Waals surface area contributed by atoms with Crippen LogP contribution in [-0.4, -0.2) is 25.4 Å². The first-order valence-corrected chi connectivity index (χ1v) is 10.5. The Morgan fingerprint density at radius 2 is 1.97 bits per heavy atom. The Labute approximate surface area is 177 Å². The van der Waals surface area contributed by atoms with E-state index in [4.69, 9.17) is 0 Å². The molecule has 0 amide bonds. The number of anilines is 1. The van der Waals surface area contributed by atoms with E-state index in [9.17, 15) is 18.0 Å². The molecule has 31 heavy (non-hydrogen) atoms. The highest BCUT2D eigenvalue weighted by Crippen LogP contribution is 2.38. The molecule has 9 heteroatoms. The molecule has 0 unspecified atom stereocenters. The van der Waals surface area contributed by atoms with Gasteiger partial charge in [0, 0.05) is 42.8 Å². The topological polar surface area (TPSA) is 64.7 Å². The number of pyridine rings is 2. The van der Waals surface area contributed by atoms with E-state index in [2.05, 4.69) is 15.4 Å². The van der Waals surface area contributed by atoms with Gasteiger partial charge < -0.3 is 9.88 Å². The van der Waals surface area contributed by atoms with Gasteiger partial charge in [-0.2, -0.15) is 18.3 Å². The minimum atomic E-state index is -4.54. The largest absolute Gasteiger partial charge is 0.417 e. The van der Waals surface area contributed by atoms with E-state index in [1.54, 1.807) is 23.0 Å². The Balaban J connectivity index is 1.67. The number of nitrogens with one attached hydrogen (secondary N) is 1. The maximum atomic E-state index is 13.8. The number of hydrogen-bond acceptors (Lipinski definition) is 4. The van der Waals surface area contributed by atoms with Gasteiger partial charge in [0.15, 0.2) is 0 Å². The third-order valence-corrected chi connectivity index (χ3v) is 5.48. The normalized spacial score (nSPS) is 14.8. The third-order valence-electron chi connectivity index (χ3n) is 5.48. The summed E-state index contributed by atoms with van der Waals surface area (Å²) in [7, 11) is 0. The van der Waals surface area contributed by atoms with Crippen molar-refractivity contribution < 1.29 is 13.2 Å². The molecule has 164 valence electrons. The molecule has 0 aliphatic heterocycles. The van der Waals surface area contributed by atoms with Crippen LogP contribution in [-0.2, 0) is 12.7 Å². The Morgan fingerprint density at radius 3 is 2.68 bits per heavy atom. The van der Waals surface area contributed by atoms with Gasteiger partial charge in [0.25, 0.3) is 5.56 Å². The lowest BCUT2D eigenvalue weighted by atomic mass is 10.1. The van der Waals surface area contributed by atoms with Crippen LogP contribution < -0.4 is 10.9 Å². The van der Waals surface area contributed by atoms with Gasteiger partial charge in [-0.25, -0.2) is 9.67 Å². The molecule has 3 aromatic heterocycles. The van der Waals surface area contributed by atoms with E-state index in [0.717, 1.165) is 38.2 Å². The van der Waals surface area contributed by atoms with E-state index < -0.39 is 11.7 Å². The van der Waals surface area contributed by atoms with Gasteiger partial charge in [0.05, 0.1) is 16.9 Å². The molecule has 1 N–H and O–H groups in total. The van der Waals surface area contributed by atoms with Crippen molar-refractivity contribution in [1.29, 1.82) is 0 Å². The van der Waals surface area contributed by atoms with Crippen LogP contribution in [0.2, 0.25) is 0 Å². The molecule has 0 bridgehead atoms. The molecule has 3 heterocycles. The highest BCUT2D eigenvalue weighted by Gasteiger charge is 2.35. The minimum absolute atomic E-state index is 0.0786. The number of aryl methyl sites for hydroxylation is 1. The summed E-state index contributed by atoms with van der Waals surface area (Å²) >= 11 is 0. The zero-order valence-electron chi connectivity index (χ0n) is 17.2. The Hall–Kier alpha value is -3.10. The van der Waals surface area contributed by atoms with Crippen LogP contribution in [0.1, 0.15) is 44.6 Å². The first-order valence-electron chi connectivity index (χ1n) is 10.5. The highest BCUT2D eigenvalue weighted by atomic mass is 19.4. The predicted octanol–water partition coefficient (Wildman–Crippen LogP) is 4.88. The second kappa shape index (κ2) is 8.56. The summed E-state index contributed by atoms with van der Waals surface area (Å²) < 4.78 is 44.5. The van der Waals surface area contributed by atoms with Crippen molar-refractivity contribution in [3.05, 3.63) is 58.8 Å². The molecule has 0 atom stereocenters. The summed E-state index contributed by atoms with van der Waals surface area (Å²) in [6, 6.07) is 5.78. The molecular formula is C22H24F3N5O. The molecule has 1 aliphatic rings. The van der Waals surface area contributed by atoms with E-state index >= 15 is 0 Å². The lowest BCUT2D eigenvalue weighted by Gasteiger charge is -2.16. The lowest BCUT2D eigenvalue weighted by Crippen LogP contribution is -2.19. The second-order valence-corrected chi connectivity index (χ2v) is 7.80. The zero-order chi connectivity index (χ0) is 22.0. The van der Waals surface area contributed by atoms with E-state index in [1.165, 1.54) is 23.0 Å². The standard InChI is InChI=1S/C22H24F3N5O/c1-2-10-29-14-16(7-8-21(29)31)30-11-9-19(28-30)17-13-26-20(12-18(17)22(23,24)25)27-15-5-3-4-6-15/h7-9,11-15H,2-6,10H2,1H3,(H,26,27). The van der Waals surface area contributed by atoms with Crippen molar-refractivity contribution >= 4 is 5.82 Å². The van der Waals surface area contributed by atoms with Crippen LogP contribution >= 0.6 is 0 Å². The van der Waals surface area contributed by atoms with Crippen molar-refractivity contribution in [3.8, 4) is 16.9 Å². The Kier molecular flexibility index (Phi) is 5.84. The summed E-state index contributed by atoms with van der Waals surface area (Å²) in [4.78, 5) is 16.1. The fourth-order valence-corrected chi connectivity index (χ4v) is 3.93. The van der Waals surface area contributed by atoms with Gasteiger partial charge in [0.2, 0.25) is 0 Å². The number of halogens is 3. The van der Waals surface area contributed by atoms with Gasteiger partial charge in [-0.1, -0.05) is 19.8 Å². The van der Waals surface area contributed by atoms with Crippen LogP contribution in [0.15, 0.2) is 47.7 Å². The summed E-state index contributed by atoms with van der Waals surface area (Å²) in [6.45, 7) is 2.51. The van der Waals surface area contributed by atoms with Crippen molar-refractivity contribution in [2.75, 3.05) is 5.32 Å². The minimum Gasteiger partial charge on any atom is -0.367 e. The summed E-state index contributed by atoms with van der Waals surface area (Å²) in [5, 5.41) is 7.45. The predicted molar refractivity (Wildman–Crippen MR) is 112 cm³/mol. The molecule has 1 fully saturated rings. The molecule has 4 rings (SSSR count). The molecule has 0 spiro atoms. The Morgan fingerprint density at radius 1 is 1.19 bits per heavy atom. The summed E-state index contributed by atoms with van der Waals surface area (Å²) in [5.41, 5.74) is -0.220. The quantitative estimate of drug-likeness (QED) is 0.604. The van der Waals surface area contributed by atoms with Crippen molar-refractivity contribution in [2.24, 2.45) is 0 Å². The highest BCUT2D eigenvalue weighted by molar-refractivity contribution is 5.65. The first kappa shape index (κ1) is 21.1. The number of hydrogen-bond donors (Lipinski definition) is 1. The fourth-order valence-electron chi connectivity index (χ4n) is 3.93. The number of alkyl halides is 3. The SMILES string of the molecule is CCCn1cc(-n2ccc(-c3cnc(NC4CCCC4)cc3C(F)(F)F)n2)ccc1=O.